The van der Waals surface area contributed by atoms with Crippen molar-refractivity contribution in [3.05, 3.63) is 0 Å². The Morgan fingerprint density at radius 3 is 1.73 bits per heavy atom. The van der Waals surface area contributed by atoms with Gasteiger partial charge in [0.25, 0.3) is 0 Å². The van der Waals surface area contributed by atoms with Crippen molar-refractivity contribution in [2.24, 2.45) is 5.41 Å². The van der Waals surface area contributed by atoms with Crippen molar-refractivity contribution in [2.75, 3.05) is 0 Å². The number of hydrogen-bond donors (Lipinski definition) is 0. The molecule has 0 spiro atoms. The van der Waals surface area contributed by atoms with Gasteiger partial charge in [-0.3, -0.25) is 4.79 Å². The Morgan fingerprint density at radius 1 is 1.27 bits per heavy atom. The molecule has 0 amide bonds. The summed E-state index contributed by atoms with van der Waals surface area (Å²) in [5, 5.41) is 0. The molecular formula is C8H14F2O. The SMILES string of the molecule is CC(=O)C(F)(F)CC(C)(C)C. The van der Waals surface area contributed by atoms with Gasteiger partial charge in [-0.2, -0.15) is 8.78 Å². The van der Waals surface area contributed by atoms with Crippen molar-refractivity contribution in [1.82, 2.24) is 0 Å². The van der Waals surface area contributed by atoms with E-state index in [1.54, 1.807) is 20.8 Å². The van der Waals surface area contributed by atoms with E-state index in [-0.39, 0.29) is 6.42 Å². The highest BCUT2D eigenvalue weighted by Crippen LogP contribution is 2.31. The van der Waals surface area contributed by atoms with Gasteiger partial charge >= 0.3 is 5.92 Å². The lowest BCUT2D eigenvalue weighted by atomic mass is 9.87. The standard InChI is InChI=1S/C8H14F2O/c1-6(11)8(9,10)5-7(2,3)4/h5H2,1-4H3. The van der Waals surface area contributed by atoms with Crippen molar-refractivity contribution in [3.63, 3.8) is 0 Å². The average Bonchev–Trinajstić information content (AvgIpc) is 1.56. The number of alkyl halides is 2. The molecule has 0 atom stereocenters. The molecule has 66 valence electrons. The number of ketones is 1. The quantitative estimate of drug-likeness (QED) is 0.613. The fourth-order valence-corrected chi connectivity index (χ4v) is 0.791. The van der Waals surface area contributed by atoms with Crippen LogP contribution < -0.4 is 0 Å². The Balaban J connectivity index is 4.25. The Morgan fingerprint density at radius 2 is 1.64 bits per heavy atom. The van der Waals surface area contributed by atoms with Crippen LogP contribution in [0.4, 0.5) is 8.78 Å². The molecule has 0 N–H and O–H groups in total. The first-order valence-electron chi connectivity index (χ1n) is 3.54. The largest absolute Gasteiger partial charge is 0.305 e. The van der Waals surface area contributed by atoms with Crippen LogP contribution in [-0.4, -0.2) is 11.7 Å². The summed E-state index contributed by atoms with van der Waals surface area (Å²) in [6, 6.07) is 0. The molecule has 0 saturated heterocycles. The lowest BCUT2D eigenvalue weighted by molar-refractivity contribution is -0.144. The van der Waals surface area contributed by atoms with E-state index in [1.165, 1.54) is 0 Å². The summed E-state index contributed by atoms with van der Waals surface area (Å²) in [5.74, 6) is -4.20. The highest BCUT2D eigenvalue weighted by Gasteiger charge is 2.38. The van der Waals surface area contributed by atoms with Crippen molar-refractivity contribution < 1.29 is 13.6 Å². The molecule has 0 aromatic heterocycles. The predicted molar refractivity (Wildman–Crippen MR) is 39.7 cm³/mol. The summed E-state index contributed by atoms with van der Waals surface area (Å²) >= 11 is 0. The van der Waals surface area contributed by atoms with E-state index in [9.17, 15) is 13.6 Å². The second kappa shape index (κ2) is 2.88. The Kier molecular flexibility index (Phi) is 2.75. The summed E-state index contributed by atoms with van der Waals surface area (Å²) in [5.41, 5.74) is -0.505. The molecule has 1 nitrogen and oxygen atoms in total. The highest BCUT2D eigenvalue weighted by atomic mass is 19.3. The third kappa shape index (κ3) is 4.06. The van der Waals surface area contributed by atoms with Crippen LogP contribution in [0.15, 0.2) is 0 Å². The smallest absolute Gasteiger partial charge is 0.293 e. The van der Waals surface area contributed by atoms with Crippen molar-refractivity contribution in [2.45, 2.75) is 40.0 Å². The lowest BCUT2D eigenvalue weighted by Gasteiger charge is -2.23. The van der Waals surface area contributed by atoms with E-state index in [4.69, 9.17) is 0 Å². The molecule has 0 aliphatic heterocycles. The van der Waals surface area contributed by atoms with Crippen LogP contribution in [0.5, 0.6) is 0 Å². The lowest BCUT2D eigenvalue weighted by Crippen LogP contribution is -2.31. The van der Waals surface area contributed by atoms with Gasteiger partial charge in [-0.1, -0.05) is 20.8 Å². The fraction of sp³-hybridized carbons (Fsp3) is 0.875. The number of Topliss-reactive ketones (excluding diaryl/α,β-unsaturated/α-hetero) is 1. The van der Waals surface area contributed by atoms with Gasteiger partial charge in [-0.25, -0.2) is 0 Å². The van der Waals surface area contributed by atoms with Crippen molar-refractivity contribution in [1.29, 1.82) is 0 Å². The zero-order valence-electron chi connectivity index (χ0n) is 7.37. The second-order valence-corrected chi connectivity index (χ2v) is 4.00. The maximum absolute atomic E-state index is 12.7. The van der Waals surface area contributed by atoms with E-state index < -0.39 is 17.1 Å². The van der Waals surface area contributed by atoms with Crippen LogP contribution in [0.2, 0.25) is 0 Å². The van der Waals surface area contributed by atoms with Crippen LogP contribution in [0.3, 0.4) is 0 Å². The number of halogens is 2. The van der Waals surface area contributed by atoms with Gasteiger partial charge in [-0.05, 0) is 5.41 Å². The third-order valence-electron chi connectivity index (χ3n) is 1.27. The van der Waals surface area contributed by atoms with Crippen LogP contribution in [0.25, 0.3) is 0 Å². The molecule has 3 heteroatoms. The van der Waals surface area contributed by atoms with Crippen molar-refractivity contribution >= 4 is 5.78 Å². The minimum absolute atomic E-state index is 0.380. The first-order valence-corrected chi connectivity index (χ1v) is 3.54. The van der Waals surface area contributed by atoms with Gasteiger partial charge in [0.1, 0.15) is 0 Å². The molecule has 0 radical (unpaired) electrons. The fourth-order valence-electron chi connectivity index (χ4n) is 0.791. The molecule has 0 aromatic carbocycles. The summed E-state index contributed by atoms with van der Waals surface area (Å²) < 4.78 is 25.4. The summed E-state index contributed by atoms with van der Waals surface area (Å²) in [4.78, 5) is 10.4. The first kappa shape index (κ1) is 10.5. The maximum atomic E-state index is 12.7. The number of hydrogen-bond acceptors (Lipinski definition) is 1. The van der Waals surface area contributed by atoms with Gasteiger partial charge in [0.05, 0.1) is 0 Å². The van der Waals surface area contributed by atoms with Gasteiger partial charge in [0.2, 0.25) is 0 Å². The molecule has 11 heavy (non-hydrogen) atoms. The maximum Gasteiger partial charge on any atom is 0.305 e. The van der Waals surface area contributed by atoms with Gasteiger partial charge in [0.15, 0.2) is 5.78 Å². The minimum Gasteiger partial charge on any atom is -0.293 e. The zero-order chi connectivity index (χ0) is 9.28. The van der Waals surface area contributed by atoms with Crippen LogP contribution in [0.1, 0.15) is 34.1 Å². The van der Waals surface area contributed by atoms with Crippen molar-refractivity contribution in [3.8, 4) is 0 Å². The van der Waals surface area contributed by atoms with E-state index in [2.05, 4.69) is 0 Å². The molecule has 0 bridgehead atoms. The molecule has 0 heterocycles. The van der Waals surface area contributed by atoms with Crippen LogP contribution >= 0.6 is 0 Å². The molecule has 0 aromatic rings. The molecule has 0 rings (SSSR count). The Hall–Kier alpha value is -0.470. The molecule has 0 fully saturated rings. The van der Waals surface area contributed by atoms with E-state index in [0.29, 0.717) is 0 Å². The topological polar surface area (TPSA) is 17.1 Å². The molecule has 0 aliphatic carbocycles. The molecule has 0 saturated carbocycles. The van der Waals surface area contributed by atoms with E-state index in [1.807, 2.05) is 0 Å². The molecule has 0 unspecified atom stereocenters. The minimum atomic E-state index is -3.15. The monoisotopic (exact) mass is 164 g/mol. The summed E-state index contributed by atoms with van der Waals surface area (Å²) in [6.07, 6.45) is -0.380. The Labute approximate surface area is 65.8 Å². The summed E-state index contributed by atoms with van der Waals surface area (Å²) in [7, 11) is 0. The average molecular weight is 164 g/mol. The molecule has 0 aliphatic rings. The first-order chi connectivity index (χ1) is 4.65. The third-order valence-corrected chi connectivity index (χ3v) is 1.27. The second-order valence-electron chi connectivity index (χ2n) is 4.00. The zero-order valence-corrected chi connectivity index (χ0v) is 7.37. The Bertz CT molecular complexity index is 156. The van der Waals surface area contributed by atoms with Gasteiger partial charge in [-0.15, -0.1) is 0 Å². The van der Waals surface area contributed by atoms with E-state index in [0.717, 1.165) is 6.92 Å². The highest BCUT2D eigenvalue weighted by molar-refractivity contribution is 5.83. The van der Waals surface area contributed by atoms with Crippen LogP contribution in [-0.2, 0) is 4.79 Å². The van der Waals surface area contributed by atoms with Gasteiger partial charge < -0.3 is 0 Å². The number of carbonyl (C=O) groups excluding carboxylic acids is 1. The number of rotatable bonds is 2. The number of carbonyl (C=O) groups is 1. The van der Waals surface area contributed by atoms with E-state index >= 15 is 0 Å². The van der Waals surface area contributed by atoms with Gasteiger partial charge in [0, 0.05) is 13.3 Å². The molecular weight excluding hydrogens is 150 g/mol. The summed E-state index contributed by atoms with van der Waals surface area (Å²) in [6.45, 7) is 5.98. The predicted octanol–water partition coefficient (Wildman–Crippen LogP) is 2.65. The van der Waals surface area contributed by atoms with Crippen LogP contribution in [0, 0.1) is 5.41 Å². The normalized spacial score (nSPS) is 13.3.